The van der Waals surface area contributed by atoms with E-state index in [0.29, 0.717) is 30.8 Å². The van der Waals surface area contributed by atoms with Crippen molar-refractivity contribution in [1.82, 2.24) is 14.7 Å². The van der Waals surface area contributed by atoms with Gasteiger partial charge in [-0.15, -0.1) is 0 Å². The lowest BCUT2D eigenvalue weighted by Crippen LogP contribution is -2.54. The van der Waals surface area contributed by atoms with Gasteiger partial charge in [0.25, 0.3) is 5.91 Å². The normalized spacial score (nSPS) is 20.9. The van der Waals surface area contributed by atoms with Crippen LogP contribution in [0.15, 0.2) is 75.3 Å². The Morgan fingerprint density at radius 1 is 0.980 bits per heavy atom. The number of alkyl halides is 6. The molecule has 1 unspecified atom stereocenters. The number of ether oxygens (including phenoxy) is 1. The molecular formula is C33H28F7N5O4. The molecule has 0 radical (unpaired) electrons. The third kappa shape index (κ3) is 5.96. The van der Waals surface area contributed by atoms with Gasteiger partial charge in [-0.25, -0.2) is 9.38 Å². The van der Waals surface area contributed by atoms with Crippen LogP contribution in [0.3, 0.4) is 0 Å². The Bertz CT molecular complexity index is 1860. The molecule has 5 heterocycles. The molecular weight excluding hydrogens is 663 g/mol. The van der Waals surface area contributed by atoms with Gasteiger partial charge >= 0.3 is 12.4 Å². The number of anilines is 1. The molecule has 1 saturated heterocycles. The summed E-state index contributed by atoms with van der Waals surface area (Å²) in [6.45, 7) is 0.00960. The average Bonchev–Trinajstić information content (AvgIpc) is 3.79. The quantitative estimate of drug-likeness (QED) is 0.238. The molecule has 258 valence electrons. The summed E-state index contributed by atoms with van der Waals surface area (Å²) in [4.78, 5) is 34.7. The van der Waals surface area contributed by atoms with Gasteiger partial charge in [0.05, 0.1) is 49.1 Å². The van der Waals surface area contributed by atoms with Gasteiger partial charge in [0.2, 0.25) is 18.1 Å². The molecule has 16 heteroatoms. The lowest BCUT2D eigenvalue weighted by molar-refractivity contribution is -0.153. The number of piperidine rings is 1. The fourth-order valence-electron chi connectivity index (χ4n) is 6.99. The van der Waals surface area contributed by atoms with Gasteiger partial charge < -0.3 is 19.4 Å². The summed E-state index contributed by atoms with van der Waals surface area (Å²) < 4.78 is 108. The molecule has 1 spiro atoms. The predicted molar refractivity (Wildman–Crippen MR) is 159 cm³/mol. The molecule has 1 atom stereocenters. The number of carbonyl (C=O) groups is 2. The lowest BCUT2D eigenvalue weighted by atomic mass is 9.82. The van der Waals surface area contributed by atoms with Gasteiger partial charge in [-0.1, -0.05) is 18.2 Å². The summed E-state index contributed by atoms with van der Waals surface area (Å²) in [6.07, 6.45) is -8.45. The van der Waals surface area contributed by atoms with Crippen LogP contribution in [-0.2, 0) is 39.8 Å². The van der Waals surface area contributed by atoms with E-state index < -0.39 is 59.2 Å². The van der Waals surface area contributed by atoms with E-state index in [4.69, 9.17) is 14.1 Å². The maximum absolute atomic E-state index is 15.2. The summed E-state index contributed by atoms with van der Waals surface area (Å²) in [7, 11) is 0. The molecule has 2 amide bonds. The lowest BCUT2D eigenvalue weighted by Gasteiger charge is -2.42. The van der Waals surface area contributed by atoms with Crippen molar-refractivity contribution in [3.63, 3.8) is 0 Å². The van der Waals surface area contributed by atoms with Crippen LogP contribution in [0.5, 0.6) is 0 Å². The predicted octanol–water partition coefficient (Wildman–Crippen LogP) is 6.10. The van der Waals surface area contributed by atoms with E-state index in [0.717, 1.165) is 24.3 Å². The van der Waals surface area contributed by atoms with Crippen molar-refractivity contribution < 1.29 is 49.5 Å². The number of fused-ring (bicyclic) bond motifs is 2. The Hall–Kier alpha value is -4.70. The van der Waals surface area contributed by atoms with E-state index in [2.05, 4.69) is 5.32 Å². The first-order valence-electron chi connectivity index (χ1n) is 15.4. The molecule has 0 bridgehead atoms. The number of guanidine groups is 1. The molecule has 9 nitrogen and oxygen atoms in total. The number of hydrogen-bond acceptors (Lipinski definition) is 7. The number of furan rings is 1. The number of hydrogen-bond donors (Lipinski definition) is 1. The minimum Gasteiger partial charge on any atom is -0.455 e. The molecule has 0 saturated carbocycles. The first-order valence-corrected chi connectivity index (χ1v) is 15.4. The van der Waals surface area contributed by atoms with E-state index in [1.165, 1.54) is 15.9 Å². The Morgan fingerprint density at radius 2 is 1.73 bits per heavy atom. The van der Waals surface area contributed by atoms with Crippen molar-refractivity contribution in [2.24, 2.45) is 4.99 Å². The third-order valence-electron chi connectivity index (χ3n) is 9.35. The summed E-state index contributed by atoms with van der Waals surface area (Å²) >= 11 is 0. The fourth-order valence-corrected chi connectivity index (χ4v) is 6.99. The summed E-state index contributed by atoms with van der Waals surface area (Å²) in [5.74, 6) is -2.44. The molecule has 7 rings (SSSR count). The van der Waals surface area contributed by atoms with E-state index in [1.807, 2.05) is 4.90 Å². The molecule has 4 aliphatic heterocycles. The Labute approximate surface area is 274 Å². The number of aliphatic imine (C=N–C) groups is 1. The number of amides is 2. The maximum Gasteiger partial charge on any atom is 0.449 e. The first-order chi connectivity index (χ1) is 23.3. The second-order valence-corrected chi connectivity index (χ2v) is 12.2. The minimum absolute atomic E-state index is 0.0254. The van der Waals surface area contributed by atoms with Gasteiger partial charge in [-0.2, -0.15) is 26.3 Å². The molecule has 1 aromatic heterocycles. The van der Waals surface area contributed by atoms with Crippen molar-refractivity contribution >= 4 is 24.0 Å². The van der Waals surface area contributed by atoms with Crippen LogP contribution in [0.2, 0.25) is 0 Å². The standard InChI is InChI=1S/C33H28F7N5O4/c34-24-6-2-5-23(32(35,36)37)22(24)15-44-26-17-48-31(9-11-43(12-10-31)14-21-7-8-27(49-21)33(38,39)40)28(26)29(47)45-16-25(42-30(44)45)19-3-1-4-20(13-19)41-18-46/h1-8,13,18,25H,9-12,14-17H2,(H,41,46). The number of carbonyl (C=O) groups excluding carboxylic acids is 2. The summed E-state index contributed by atoms with van der Waals surface area (Å²) in [6, 6.07) is 11.0. The highest BCUT2D eigenvalue weighted by Gasteiger charge is 2.55. The van der Waals surface area contributed by atoms with Crippen molar-refractivity contribution in [3.05, 3.63) is 99.9 Å². The van der Waals surface area contributed by atoms with Crippen molar-refractivity contribution in [3.8, 4) is 0 Å². The number of benzene rings is 2. The second kappa shape index (κ2) is 12.0. The number of likely N-dealkylation sites (tertiary alicyclic amines) is 1. The number of nitrogens with one attached hydrogen (secondary N) is 1. The maximum atomic E-state index is 15.2. The van der Waals surface area contributed by atoms with E-state index in [-0.39, 0.29) is 55.5 Å². The van der Waals surface area contributed by atoms with Gasteiger partial charge in [-0.05, 0) is 54.8 Å². The third-order valence-corrected chi connectivity index (χ3v) is 9.35. The van der Waals surface area contributed by atoms with Gasteiger partial charge in [0.15, 0.2) is 0 Å². The molecule has 1 N–H and O–H groups in total. The number of rotatable bonds is 7. The topological polar surface area (TPSA) is 90.6 Å². The Kier molecular flexibility index (Phi) is 8.05. The van der Waals surface area contributed by atoms with Gasteiger partial charge in [-0.3, -0.25) is 19.4 Å². The van der Waals surface area contributed by atoms with E-state index in [9.17, 15) is 35.9 Å². The monoisotopic (exact) mass is 691 g/mol. The molecule has 0 aliphatic carbocycles. The van der Waals surface area contributed by atoms with Crippen molar-refractivity contribution in [1.29, 1.82) is 0 Å². The second-order valence-electron chi connectivity index (χ2n) is 12.2. The van der Waals surface area contributed by atoms with Crippen LogP contribution in [-0.4, -0.2) is 64.8 Å². The van der Waals surface area contributed by atoms with Crippen molar-refractivity contribution in [2.75, 3.05) is 31.6 Å². The molecule has 3 aromatic rings. The number of nitrogens with zero attached hydrogens (tertiary/aromatic N) is 4. The highest BCUT2D eigenvalue weighted by Crippen LogP contribution is 2.47. The van der Waals surface area contributed by atoms with Crippen LogP contribution in [0.25, 0.3) is 0 Å². The zero-order valence-electron chi connectivity index (χ0n) is 25.6. The van der Waals surface area contributed by atoms with Gasteiger partial charge in [0, 0.05) is 24.3 Å². The summed E-state index contributed by atoms with van der Waals surface area (Å²) in [5.41, 5.74) is -1.28. The summed E-state index contributed by atoms with van der Waals surface area (Å²) in [5, 5.41) is 2.56. The average molecular weight is 692 g/mol. The van der Waals surface area contributed by atoms with Crippen LogP contribution < -0.4 is 5.32 Å². The van der Waals surface area contributed by atoms with Crippen molar-refractivity contribution in [2.45, 2.75) is 49.9 Å². The molecule has 4 aliphatic rings. The largest absolute Gasteiger partial charge is 0.455 e. The molecule has 49 heavy (non-hydrogen) atoms. The van der Waals surface area contributed by atoms with E-state index >= 15 is 4.39 Å². The van der Waals surface area contributed by atoms with E-state index in [1.54, 1.807) is 24.3 Å². The van der Waals surface area contributed by atoms with Crippen LogP contribution in [0, 0.1) is 5.82 Å². The molecule has 2 aromatic carbocycles. The highest BCUT2D eigenvalue weighted by atomic mass is 19.4. The first kappa shape index (κ1) is 32.8. The zero-order chi connectivity index (χ0) is 34.7. The zero-order valence-corrected chi connectivity index (χ0v) is 25.6. The van der Waals surface area contributed by atoms with Crippen LogP contribution >= 0.6 is 0 Å². The Balaban J connectivity index is 1.22. The fraction of sp³-hybridized carbons (Fsp3) is 0.364. The Morgan fingerprint density at radius 3 is 2.43 bits per heavy atom. The molecule has 1 fully saturated rings. The smallest absolute Gasteiger partial charge is 0.449 e. The van der Waals surface area contributed by atoms with Crippen LogP contribution in [0.4, 0.5) is 36.4 Å². The minimum atomic E-state index is -4.86. The van der Waals surface area contributed by atoms with Gasteiger partial charge in [0.1, 0.15) is 17.2 Å². The SMILES string of the molecule is O=CNc1cccc(C2CN3C(=O)C4=C(COC45CCN(Cc4ccc(C(F)(F)F)o4)CC5)N(Cc4c(F)cccc4C(F)(F)F)C3=N2)c1. The highest BCUT2D eigenvalue weighted by molar-refractivity contribution is 6.11. The van der Waals surface area contributed by atoms with Crippen LogP contribution in [0.1, 0.15) is 47.1 Å². The number of halogens is 7.